The van der Waals surface area contributed by atoms with Crippen molar-refractivity contribution in [3.63, 3.8) is 0 Å². The highest BCUT2D eigenvalue weighted by atomic mass is 16.4. The molecule has 1 saturated carbocycles. The Labute approximate surface area is 117 Å². The Morgan fingerprint density at radius 2 is 2.10 bits per heavy atom. The molecule has 1 aliphatic rings. The lowest BCUT2D eigenvalue weighted by Gasteiger charge is -2.18. The molecule has 0 amide bonds. The van der Waals surface area contributed by atoms with Crippen molar-refractivity contribution in [3.05, 3.63) is 35.7 Å². The number of hydrogen-bond donors (Lipinski definition) is 2. The van der Waals surface area contributed by atoms with Gasteiger partial charge in [-0.2, -0.15) is 0 Å². The maximum absolute atomic E-state index is 10.5. The minimum Gasteiger partial charge on any atom is -0.478 e. The van der Waals surface area contributed by atoms with Crippen LogP contribution in [0.4, 0.5) is 0 Å². The van der Waals surface area contributed by atoms with Crippen LogP contribution < -0.4 is 0 Å². The molecule has 0 aliphatic heterocycles. The molecular formula is C16H18N2O2. The molecule has 0 atom stereocenters. The van der Waals surface area contributed by atoms with Gasteiger partial charge in [0.25, 0.3) is 0 Å². The second kappa shape index (κ2) is 5.49. The van der Waals surface area contributed by atoms with Crippen LogP contribution in [0.2, 0.25) is 0 Å². The van der Waals surface area contributed by atoms with Gasteiger partial charge in [0.1, 0.15) is 5.82 Å². The van der Waals surface area contributed by atoms with E-state index in [1.807, 2.05) is 18.2 Å². The Morgan fingerprint density at radius 1 is 1.30 bits per heavy atom. The number of benzene rings is 1. The Balaban J connectivity index is 1.88. The summed E-state index contributed by atoms with van der Waals surface area (Å²) in [6.07, 6.45) is 9.09. The van der Waals surface area contributed by atoms with E-state index in [2.05, 4.69) is 9.97 Å². The van der Waals surface area contributed by atoms with Crippen molar-refractivity contribution >= 4 is 23.1 Å². The highest BCUT2D eigenvalue weighted by molar-refractivity contribution is 5.86. The molecule has 0 bridgehead atoms. The average molecular weight is 270 g/mol. The second-order valence-electron chi connectivity index (χ2n) is 5.41. The van der Waals surface area contributed by atoms with Crippen LogP contribution in [-0.2, 0) is 4.79 Å². The van der Waals surface area contributed by atoms with Crippen molar-refractivity contribution in [1.82, 2.24) is 9.97 Å². The predicted molar refractivity (Wildman–Crippen MR) is 78.6 cm³/mol. The first-order valence-corrected chi connectivity index (χ1v) is 7.13. The molecule has 2 aromatic rings. The van der Waals surface area contributed by atoms with Crippen LogP contribution in [-0.4, -0.2) is 21.0 Å². The minimum absolute atomic E-state index is 0.550. The summed E-state index contributed by atoms with van der Waals surface area (Å²) >= 11 is 0. The normalized spacial score (nSPS) is 17.0. The molecule has 1 fully saturated rings. The molecule has 1 aromatic heterocycles. The summed E-state index contributed by atoms with van der Waals surface area (Å²) in [7, 11) is 0. The number of aliphatic carboxylic acids is 1. The smallest absolute Gasteiger partial charge is 0.328 e. The standard InChI is InChI=1S/C16H18N2O2/c19-15(20)9-7-11-6-8-13-14(10-11)18-16(17-13)12-4-2-1-3-5-12/h6-10,12H,1-5H2,(H,17,18)(H,19,20)/b9-7+. The summed E-state index contributed by atoms with van der Waals surface area (Å²) in [5.74, 6) is 0.700. The molecule has 3 rings (SSSR count). The first kappa shape index (κ1) is 12.9. The second-order valence-corrected chi connectivity index (χ2v) is 5.41. The third kappa shape index (κ3) is 2.74. The lowest BCUT2D eigenvalue weighted by molar-refractivity contribution is -0.131. The molecule has 4 heteroatoms. The topological polar surface area (TPSA) is 66.0 Å². The first-order valence-electron chi connectivity index (χ1n) is 7.13. The van der Waals surface area contributed by atoms with Crippen molar-refractivity contribution in [2.24, 2.45) is 0 Å². The molecule has 0 saturated heterocycles. The number of carboxylic acids is 1. The van der Waals surface area contributed by atoms with Gasteiger partial charge in [0.05, 0.1) is 11.0 Å². The van der Waals surface area contributed by atoms with Crippen LogP contribution in [0.3, 0.4) is 0 Å². The first-order chi connectivity index (χ1) is 9.72. The van der Waals surface area contributed by atoms with Gasteiger partial charge < -0.3 is 10.1 Å². The number of rotatable bonds is 3. The fourth-order valence-electron chi connectivity index (χ4n) is 2.89. The zero-order chi connectivity index (χ0) is 13.9. The Morgan fingerprint density at radius 3 is 2.85 bits per heavy atom. The van der Waals surface area contributed by atoms with Crippen LogP contribution in [0.5, 0.6) is 0 Å². The number of aromatic nitrogens is 2. The zero-order valence-corrected chi connectivity index (χ0v) is 11.3. The maximum Gasteiger partial charge on any atom is 0.328 e. The van der Waals surface area contributed by atoms with E-state index in [-0.39, 0.29) is 0 Å². The molecule has 1 heterocycles. The summed E-state index contributed by atoms with van der Waals surface area (Å²) in [5.41, 5.74) is 2.81. The summed E-state index contributed by atoms with van der Waals surface area (Å²) < 4.78 is 0. The third-order valence-electron chi connectivity index (χ3n) is 3.93. The number of nitrogens with zero attached hydrogens (tertiary/aromatic N) is 1. The monoisotopic (exact) mass is 270 g/mol. The van der Waals surface area contributed by atoms with Gasteiger partial charge in [-0.1, -0.05) is 25.3 Å². The molecule has 20 heavy (non-hydrogen) atoms. The fourth-order valence-corrected chi connectivity index (χ4v) is 2.89. The van der Waals surface area contributed by atoms with E-state index in [0.29, 0.717) is 5.92 Å². The Bertz CT molecular complexity index is 652. The van der Waals surface area contributed by atoms with Crippen molar-refractivity contribution in [2.45, 2.75) is 38.0 Å². The van der Waals surface area contributed by atoms with Crippen LogP contribution in [0.15, 0.2) is 24.3 Å². The highest BCUT2D eigenvalue weighted by Crippen LogP contribution is 2.32. The van der Waals surface area contributed by atoms with Crippen LogP contribution >= 0.6 is 0 Å². The molecule has 1 aliphatic carbocycles. The predicted octanol–water partition coefficient (Wildman–Crippen LogP) is 3.71. The number of imidazole rings is 1. The number of H-pyrrole nitrogens is 1. The van der Waals surface area contributed by atoms with Gasteiger partial charge in [-0.05, 0) is 36.6 Å². The molecule has 0 radical (unpaired) electrons. The van der Waals surface area contributed by atoms with E-state index < -0.39 is 5.97 Å². The Hall–Kier alpha value is -2.10. The summed E-state index contributed by atoms with van der Waals surface area (Å²) in [4.78, 5) is 18.6. The number of nitrogens with one attached hydrogen (secondary N) is 1. The third-order valence-corrected chi connectivity index (χ3v) is 3.93. The van der Waals surface area contributed by atoms with E-state index in [9.17, 15) is 4.79 Å². The van der Waals surface area contributed by atoms with Crippen LogP contribution in [0.1, 0.15) is 49.4 Å². The molecule has 4 nitrogen and oxygen atoms in total. The zero-order valence-electron chi connectivity index (χ0n) is 11.3. The largest absolute Gasteiger partial charge is 0.478 e. The van der Waals surface area contributed by atoms with Gasteiger partial charge >= 0.3 is 5.97 Å². The van der Waals surface area contributed by atoms with E-state index >= 15 is 0 Å². The molecule has 0 spiro atoms. The summed E-state index contributed by atoms with van der Waals surface area (Å²) in [5, 5.41) is 8.66. The fraction of sp³-hybridized carbons (Fsp3) is 0.375. The minimum atomic E-state index is -0.933. The van der Waals surface area contributed by atoms with Gasteiger partial charge in [0.15, 0.2) is 0 Å². The van der Waals surface area contributed by atoms with Gasteiger partial charge in [-0.3, -0.25) is 0 Å². The number of carbonyl (C=O) groups is 1. The molecule has 2 N–H and O–H groups in total. The van der Waals surface area contributed by atoms with Gasteiger partial charge in [-0.15, -0.1) is 0 Å². The lowest BCUT2D eigenvalue weighted by atomic mass is 9.89. The van der Waals surface area contributed by atoms with E-state index in [1.54, 1.807) is 6.08 Å². The van der Waals surface area contributed by atoms with Crippen molar-refractivity contribution in [1.29, 1.82) is 0 Å². The number of aromatic amines is 1. The molecule has 104 valence electrons. The average Bonchev–Trinajstić information content (AvgIpc) is 2.89. The molecule has 1 aromatic carbocycles. The summed E-state index contributed by atoms with van der Waals surface area (Å²) in [6.45, 7) is 0. The van der Waals surface area contributed by atoms with Crippen molar-refractivity contribution in [3.8, 4) is 0 Å². The highest BCUT2D eigenvalue weighted by Gasteiger charge is 2.18. The van der Waals surface area contributed by atoms with Crippen molar-refractivity contribution in [2.75, 3.05) is 0 Å². The van der Waals surface area contributed by atoms with Gasteiger partial charge in [0, 0.05) is 12.0 Å². The number of fused-ring (bicyclic) bond motifs is 1. The Kier molecular flexibility index (Phi) is 3.54. The lowest BCUT2D eigenvalue weighted by Crippen LogP contribution is -2.05. The van der Waals surface area contributed by atoms with Crippen LogP contribution in [0.25, 0.3) is 17.1 Å². The van der Waals surface area contributed by atoms with Crippen molar-refractivity contribution < 1.29 is 9.90 Å². The van der Waals surface area contributed by atoms with E-state index in [0.717, 1.165) is 28.5 Å². The molecule has 0 unspecified atom stereocenters. The van der Waals surface area contributed by atoms with Gasteiger partial charge in [-0.25, -0.2) is 9.78 Å². The summed E-state index contributed by atoms with van der Waals surface area (Å²) in [6, 6.07) is 5.79. The van der Waals surface area contributed by atoms with E-state index in [4.69, 9.17) is 5.11 Å². The number of hydrogen-bond acceptors (Lipinski definition) is 2. The van der Waals surface area contributed by atoms with Crippen LogP contribution in [0, 0.1) is 0 Å². The molecular weight excluding hydrogens is 252 g/mol. The maximum atomic E-state index is 10.5. The SMILES string of the molecule is O=C(O)/C=C/c1ccc2nc(C3CCCCC3)[nH]c2c1. The number of carboxylic acid groups (broad SMARTS) is 1. The van der Waals surface area contributed by atoms with Gasteiger partial charge in [0.2, 0.25) is 0 Å². The quantitative estimate of drug-likeness (QED) is 0.835. The van der Waals surface area contributed by atoms with E-state index in [1.165, 1.54) is 32.1 Å².